The standard InChI is InChI=1S/C55H62F2N10O5/c1-33(68)63-25-18-47-45(31-63)52(60-67(47)37-7-3-2-4-8-37)64-20-5-6-35-26-40(41(51(56)57)28-49(35)64)44-32-65(46-13-19-58-29-43(44)46)36-16-21-61(22-17-36)30-34-14-23-62(24-15-34)38-9-10-39-42(27-38)55(72)66(54(39)71)48-11-12-50(69)59-53(48)70/h9-10,13,19,26-29,32,34,36-37,48,51H,2-8,11-12,14-18,20-25,30-31H2,1H3,(H,59,69,70). The molecule has 1 saturated carbocycles. The van der Waals surface area contributed by atoms with E-state index in [4.69, 9.17) is 5.10 Å². The molecule has 3 saturated heterocycles. The van der Waals surface area contributed by atoms with Crippen LogP contribution in [0.4, 0.5) is 26.0 Å². The second kappa shape index (κ2) is 18.8. The van der Waals surface area contributed by atoms with Crippen LogP contribution in [0.3, 0.4) is 0 Å². The number of alkyl halides is 2. The van der Waals surface area contributed by atoms with E-state index < -0.39 is 36.1 Å². The average Bonchev–Trinajstić information content (AvgIpc) is 4.05. The van der Waals surface area contributed by atoms with E-state index >= 15 is 8.78 Å². The second-order valence-corrected chi connectivity index (χ2v) is 21.3. The number of nitrogens with one attached hydrogen (secondary N) is 1. The smallest absolute Gasteiger partial charge is 0.264 e. The first-order valence-electron chi connectivity index (χ1n) is 26.3. The number of hydrogen-bond donors (Lipinski definition) is 1. The zero-order chi connectivity index (χ0) is 49.4. The summed E-state index contributed by atoms with van der Waals surface area (Å²) in [4.78, 5) is 78.1. The van der Waals surface area contributed by atoms with Crippen LogP contribution in [-0.4, -0.2) is 115 Å². The lowest BCUT2D eigenvalue weighted by Gasteiger charge is -2.38. The summed E-state index contributed by atoms with van der Waals surface area (Å²) >= 11 is 0. The van der Waals surface area contributed by atoms with E-state index in [0.717, 1.165) is 140 Å². The molecule has 0 radical (unpaired) electrons. The van der Waals surface area contributed by atoms with Gasteiger partial charge in [0.15, 0.2) is 5.82 Å². The number of pyridine rings is 1. The molecule has 72 heavy (non-hydrogen) atoms. The molecule has 0 spiro atoms. The summed E-state index contributed by atoms with van der Waals surface area (Å²) in [6.07, 6.45) is 15.2. The second-order valence-electron chi connectivity index (χ2n) is 21.3. The van der Waals surface area contributed by atoms with Crippen LogP contribution in [0.25, 0.3) is 22.0 Å². The fourth-order valence-electron chi connectivity index (χ4n) is 13.2. The van der Waals surface area contributed by atoms with Gasteiger partial charge >= 0.3 is 0 Å². The zero-order valence-electron chi connectivity index (χ0n) is 41.0. The van der Waals surface area contributed by atoms with E-state index in [1.807, 2.05) is 29.3 Å². The topological polar surface area (TPSA) is 149 Å². The Morgan fingerprint density at radius 1 is 0.778 bits per heavy atom. The number of hydrogen-bond acceptors (Lipinski definition) is 10. The maximum Gasteiger partial charge on any atom is 0.264 e. The van der Waals surface area contributed by atoms with Gasteiger partial charge in [-0.1, -0.05) is 19.3 Å². The van der Waals surface area contributed by atoms with E-state index in [9.17, 15) is 24.0 Å². The summed E-state index contributed by atoms with van der Waals surface area (Å²) in [7, 11) is 0. The van der Waals surface area contributed by atoms with Crippen molar-refractivity contribution in [2.24, 2.45) is 5.92 Å². The Balaban J connectivity index is 0.734. The molecule has 1 atom stereocenters. The van der Waals surface area contributed by atoms with E-state index in [1.165, 1.54) is 25.0 Å². The Morgan fingerprint density at radius 3 is 2.33 bits per heavy atom. The first-order valence-corrected chi connectivity index (χ1v) is 26.3. The van der Waals surface area contributed by atoms with Crippen LogP contribution in [-0.2, 0) is 33.8 Å². The first-order chi connectivity index (χ1) is 35.0. The lowest BCUT2D eigenvalue weighted by atomic mass is 9.91. The Morgan fingerprint density at radius 2 is 1.57 bits per heavy atom. The number of fused-ring (bicyclic) bond motifs is 4. The molecule has 6 aliphatic heterocycles. The third kappa shape index (κ3) is 8.24. The number of piperidine rings is 3. The lowest BCUT2D eigenvalue weighted by Crippen LogP contribution is -2.54. The predicted octanol–water partition coefficient (Wildman–Crippen LogP) is 8.29. The number of imide groups is 2. The van der Waals surface area contributed by atoms with Crippen LogP contribution in [0.5, 0.6) is 0 Å². The number of likely N-dealkylation sites (tertiary alicyclic amines) is 1. The van der Waals surface area contributed by atoms with Gasteiger partial charge in [-0.15, -0.1) is 0 Å². The van der Waals surface area contributed by atoms with Gasteiger partial charge in [-0.25, -0.2) is 8.78 Å². The van der Waals surface area contributed by atoms with Crippen molar-refractivity contribution in [2.75, 3.05) is 55.6 Å². The highest BCUT2D eigenvalue weighted by atomic mass is 19.3. The molecule has 7 aliphatic rings. The minimum absolute atomic E-state index is 0.00607. The Labute approximate surface area is 417 Å². The Bertz CT molecular complexity index is 3000. The maximum absolute atomic E-state index is 15.6. The van der Waals surface area contributed by atoms with E-state index in [-0.39, 0.29) is 35.9 Å². The molecular formula is C55H62F2N10O5. The molecular weight excluding hydrogens is 919 g/mol. The summed E-state index contributed by atoms with van der Waals surface area (Å²) in [5, 5.41) is 8.46. The van der Waals surface area contributed by atoms with Crippen molar-refractivity contribution in [3.63, 3.8) is 0 Å². The highest BCUT2D eigenvalue weighted by molar-refractivity contribution is 6.23. The third-order valence-corrected chi connectivity index (χ3v) is 17.1. The van der Waals surface area contributed by atoms with Gasteiger partial charge in [0.05, 0.1) is 29.2 Å². The van der Waals surface area contributed by atoms with Crippen molar-refractivity contribution >= 4 is 57.6 Å². The summed E-state index contributed by atoms with van der Waals surface area (Å²) in [5.74, 6) is -0.659. The number of carbonyl (C=O) groups excluding carboxylic acids is 5. The molecule has 9 heterocycles. The fourth-order valence-corrected chi connectivity index (χ4v) is 13.2. The number of benzene rings is 2. The minimum Gasteiger partial charge on any atom is -0.371 e. The van der Waals surface area contributed by atoms with Crippen molar-refractivity contribution in [3.05, 3.63) is 88.5 Å². The molecule has 1 unspecified atom stereocenters. The van der Waals surface area contributed by atoms with Crippen LogP contribution in [0, 0.1) is 5.92 Å². The number of amides is 5. The highest BCUT2D eigenvalue weighted by Crippen LogP contribution is 2.46. The van der Waals surface area contributed by atoms with Crippen molar-refractivity contribution in [2.45, 2.75) is 128 Å². The van der Waals surface area contributed by atoms with Crippen molar-refractivity contribution in [1.82, 2.24) is 39.3 Å². The fraction of sp³-hybridized carbons (Fsp3) is 0.509. The van der Waals surface area contributed by atoms with E-state index in [1.54, 1.807) is 31.3 Å². The van der Waals surface area contributed by atoms with Crippen LogP contribution >= 0.6 is 0 Å². The molecule has 5 aromatic rings. The predicted molar refractivity (Wildman–Crippen MR) is 267 cm³/mol. The molecule has 12 rings (SSSR count). The first kappa shape index (κ1) is 46.6. The van der Waals surface area contributed by atoms with Gasteiger partial charge < -0.3 is 24.2 Å². The molecule has 1 aliphatic carbocycles. The number of halogens is 2. The number of aryl methyl sites for hydroxylation is 1. The molecule has 2 aromatic carbocycles. The van der Waals surface area contributed by atoms with Crippen molar-refractivity contribution < 1.29 is 32.8 Å². The normalized spacial score (nSPS) is 21.8. The van der Waals surface area contributed by atoms with Crippen LogP contribution in [0.1, 0.15) is 146 Å². The van der Waals surface area contributed by atoms with Gasteiger partial charge in [0.1, 0.15) is 6.04 Å². The molecule has 5 amide bonds. The quantitative estimate of drug-likeness (QED) is 0.143. The number of carbonyl (C=O) groups is 5. The molecule has 4 fully saturated rings. The molecule has 1 N–H and O–H groups in total. The van der Waals surface area contributed by atoms with Crippen LogP contribution < -0.4 is 15.1 Å². The monoisotopic (exact) mass is 980 g/mol. The highest BCUT2D eigenvalue weighted by Gasteiger charge is 2.45. The summed E-state index contributed by atoms with van der Waals surface area (Å²) < 4.78 is 35.7. The summed E-state index contributed by atoms with van der Waals surface area (Å²) in [6.45, 7) is 7.91. The summed E-state index contributed by atoms with van der Waals surface area (Å²) in [6, 6.07) is 10.6. The Kier molecular flexibility index (Phi) is 12.2. The largest absolute Gasteiger partial charge is 0.371 e. The number of aromatic nitrogens is 4. The van der Waals surface area contributed by atoms with Gasteiger partial charge in [-0.3, -0.25) is 43.9 Å². The van der Waals surface area contributed by atoms with E-state index in [0.29, 0.717) is 42.7 Å². The zero-order valence-corrected chi connectivity index (χ0v) is 41.0. The molecule has 0 bridgehead atoms. The van der Waals surface area contributed by atoms with Gasteiger partial charge in [0, 0.05) is 129 Å². The van der Waals surface area contributed by atoms with Crippen molar-refractivity contribution in [3.8, 4) is 11.1 Å². The van der Waals surface area contributed by atoms with E-state index in [2.05, 4.69) is 40.4 Å². The number of nitrogens with zero attached hydrogens (tertiary/aromatic N) is 9. The maximum atomic E-state index is 15.6. The van der Waals surface area contributed by atoms with Gasteiger partial charge in [-0.05, 0) is 111 Å². The van der Waals surface area contributed by atoms with Gasteiger partial charge in [0.2, 0.25) is 17.7 Å². The Hall–Kier alpha value is -6.49. The van der Waals surface area contributed by atoms with Gasteiger partial charge in [-0.2, -0.15) is 5.10 Å². The van der Waals surface area contributed by atoms with Crippen LogP contribution in [0.2, 0.25) is 0 Å². The molecule has 376 valence electrons. The van der Waals surface area contributed by atoms with Gasteiger partial charge in [0.25, 0.3) is 18.2 Å². The molecule has 3 aromatic heterocycles. The molecule has 17 heteroatoms. The molecule has 15 nitrogen and oxygen atoms in total. The average molecular weight is 981 g/mol. The third-order valence-electron chi connectivity index (χ3n) is 17.1. The van der Waals surface area contributed by atoms with Crippen LogP contribution in [0.15, 0.2) is 55.0 Å². The minimum atomic E-state index is -2.71. The SMILES string of the molecule is CC(=O)N1CCc2c(c(N3CCCc4cc(-c5cn(C6CCN(CC7CCN(c8ccc9c(c8)C(=O)N(C8CCC(=O)NC8=O)C9=O)CC7)CC6)c6ccncc56)c(C(F)F)cc43)nn2C2CCCCC2)C1. The number of rotatable bonds is 9. The summed E-state index contributed by atoms with van der Waals surface area (Å²) in [5.41, 5.74) is 7.87. The van der Waals surface area contributed by atoms with Crippen molar-refractivity contribution in [1.29, 1.82) is 0 Å². The number of anilines is 3. The lowest BCUT2D eigenvalue weighted by molar-refractivity contribution is -0.136.